The van der Waals surface area contributed by atoms with E-state index in [9.17, 15) is 0 Å². The molecule has 1 aromatic heterocycles. The fourth-order valence-electron chi connectivity index (χ4n) is 2.46. The first-order chi connectivity index (χ1) is 10.1. The predicted octanol–water partition coefficient (Wildman–Crippen LogP) is 5.33. The summed E-state index contributed by atoms with van der Waals surface area (Å²) < 4.78 is 0. The van der Waals surface area contributed by atoms with Gasteiger partial charge in [0.2, 0.25) is 0 Å². The molecule has 0 fully saturated rings. The van der Waals surface area contributed by atoms with Gasteiger partial charge in [0.25, 0.3) is 0 Å². The molecule has 1 heterocycles. The van der Waals surface area contributed by atoms with Gasteiger partial charge in [0, 0.05) is 39.7 Å². The number of benzene rings is 2. The zero-order chi connectivity index (χ0) is 14.8. The summed E-state index contributed by atoms with van der Waals surface area (Å²) in [5, 5.41) is 6.24. The molecule has 3 aromatic rings. The van der Waals surface area contributed by atoms with Crippen molar-refractivity contribution in [2.24, 2.45) is 0 Å². The topological polar surface area (TPSA) is 27.8 Å². The van der Waals surface area contributed by atoms with Crippen LogP contribution in [0.15, 0.2) is 48.7 Å². The largest absolute Gasteiger partial charge is 0.361 e. The highest BCUT2D eigenvalue weighted by Gasteiger charge is 2.08. The minimum Gasteiger partial charge on any atom is -0.361 e. The molecule has 0 amide bonds. The van der Waals surface area contributed by atoms with Gasteiger partial charge in [-0.2, -0.15) is 0 Å². The van der Waals surface area contributed by atoms with Gasteiger partial charge < -0.3 is 10.3 Å². The Morgan fingerprint density at radius 1 is 1.10 bits per heavy atom. The molecule has 1 atom stereocenters. The zero-order valence-corrected chi connectivity index (χ0v) is 13.2. The van der Waals surface area contributed by atoms with Gasteiger partial charge in [-0.05, 0) is 42.3 Å². The molecule has 0 radical (unpaired) electrons. The van der Waals surface area contributed by atoms with E-state index < -0.39 is 0 Å². The molecule has 2 N–H and O–H groups in total. The van der Waals surface area contributed by atoms with Crippen molar-refractivity contribution in [3.05, 3.63) is 69.8 Å². The molecule has 0 saturated carbocycles. The van der Waals surface area contributed by atoms with Crippen LogP contribution < -0.4 is 5.32 Å². The highest BCUT2D eigenvalue weighted by atomic mass is 35.5. The molecule has 2 aromatic carbocycles. The van der Waals surface area contributed by atoms with Crippen LogP contribution in [0.4, 0.5) is 0 Å². The first-order valence-corrected chi connectivity index (χ1v) is 7.63. The normalized spacial score (nSPS) is 12.7. The number of aromatic nitrogens is 1. The smallest absolute Gasteiger partial charge is 0.0472 e. The Morgan fingerprint density at radius 2 is 1.90 bits per heavy atom. The molecule has 0 aliphatic heterocycles. The lowest BCUT2D eigenvalue weighted by Crippen LogP contribution is -2.17. The molecule has 0 unspecified atom stereocenters. The second-order valence-electron chi connectivity index (χ2n) is 5.16. The van der Waals surface area contributed by atoms with Crippen LogP contribution in [0, 0.1) is 0 Å². The van der Waals surface area contributed by atoms with Crippen LogP contribution in [-0.2, 0) is 6.54 Å². The molecule has 0 aliphatic rings. The molecule has 0 spiro atoms. The molecule has 21 heavy (non-hydrogen) atoms. The van der Waals surface area contributed by atoms with Crippen molar-refractivity contribution in [2.45, 2.75) is 19.5 Å². The predicted molar refractivity (Wildman–Crippen MR) is 90.0 cm³/mol. The minimum absolute atomic E-state index is 0.237. The van der Waals surface area contributed by atoms with E-state index in [-0.39, 0.29) is 6.04 Å². The zero-order valence-electron chi connectivity index (χ0n) is 11.7. The fraction of sp³-hybridized carbons (Fsp3) is 0.176. The van der Waals surface area contributed by atoms with E-state index in [1.165, 1.54) is 16.5 Å². The number of fused-ring (bicyclic) bond motifs is 1. The van der Waals surface area contributed by atoms with Crippen LogP contribution >= 0.6 is 23.2 Å². The summed E-state index contributed by atoms with van der Waals surface area (Å²) in [6.07, 6.45) is 2.03. The van der Waals surface area contributed by atoms with E-state index in [4.69, 9.17) is 23.2 Å². The molecule has 0 saturated heterocycles. The summed E-state index contributed by atoms with van der Waals surface area (Å²) in [6, 6.07) is 14.1. The van der Waals surface area contributed by atoms with Gasteiger partial charge in [-0.25, -0.2) is 0 Å². The van der Waals surface area contributed by atoms with Gasteiger partial charge >= 0.3 is 0 Å². The van der Waals surface area contributed by atoms with Crippen molar-refractivity contribution >= 4 is 34.1 Å². The second-order valence-corrected chi connectivity index (χ2v) is 6.03. The molecular formula is C17H16Cl2N2. The molecule has 0 bridgehead atoms. The van der Waals surface area contributed by atoms with E-state index in [1.54, 1.807) is 0 Å². The number of aromatic amines is 1. The Hall–Kier alpha value is -1.48. The van der Waals surface area contributed by atoms with Crippen molar-refractivity contribution < 1.29 is 0 Å². The third kappa shape index (κ3) is 3.24. The Labute approximate surface area is 134 Å². The van der Waals surface area contributed by atoms with Crippen molar-refractivity contribution in [1.29, 1.82) is 0 Å². The molecule has 3 rings (SSSR count). The van der Waals surface area contributed by atoms with E-state index >= 15 is 0 Å². The van der Waals surface area contributed by atoms with E-state index in [0.717, 1.165) is 22.1 Å². The lowest BCUT2D eigenvalue weighted by Gasteiger charge is -2.14. The van der Waals surface area contributed by atoms with Crippen LogP contribution in [0.25, 0.3) is 10.9 Å². The van der Waals surface area contributed by atoms with Crippen LogP contribution in [0.5, 0.6) is 0 Å². The van der Waals surface area contributed by atoms with Crippen molar-refractivity contribution in [3.8, 4) is 0 Å². The summed E-state index contributed by atoms with van der Waals surface area (Å²) >= 11 is 12.0. The Balaban J connectivity index is 1.74. The lowest BCUT2D eigenvalue weighted by molar-refractivity contribution is 0.576. The lowest BCUT2D eigenvalue weighted by atomic mass is 10.1. The Kier molecular flexibility index (Phi) is 4.20. The molecule has 108 valence electrons. The van der Waals surface area contributed by atoms with E-state index in [0.29, 0.717) is 0 Å². The van der Waals surface area contributed by atoms with Crippen molar-refractivity contribution in [3.63, 3.8) is 0 Å². The number of halogens is 2. The summed E-state index contributed by atoms with van der Waals surface area (Å²) in [6.45, 7) is 2.92. The molecule has 4 heteroatoms. The van der Waals surface area contributed by atoms with Crippen molar-refractivity contribution in [2.75, 3.05) is 0 Å². The minimum atomic E-state index is 0.237. The second kappa shape index (κ2) is 6.10. The molecule has 0 aliphatic carbocycles. The number of hydrogen-bond donors (Lipinski definition) is 2. The van der Waals surface area contributed by atoms with Crippen molar-refractivity contribution in [1.82, 2.24) is 10.3 Å². The summed E-state index contributed by atoms with van der Waals surface area (Å²) in [7, 11) is 0. The van der Waals surface area contributed by atoms with Gasteiger partial charge in [0.15, 0.2) is 0 Å². The number of nitrogens with one attached hydrogen (secondary N) is 2. The summed E-state index contributed by atoms with van der Waals surface area (Å²) in [5.74, 6) is 0. The van der Waals surface area contributed by atoms with Gasteiger partial charge in [-0.1, -0.05) is 41.4 Å². The van der Waals surface area contributed by atoms with Gasteiger partial charge in [0.1, 0.15) is 0 Å². The van der Waals surface area contributed by atoms with Gasteiger partial charge in [-0.15, -0.1) is 0 Å². The quantitative estimate of drug-likeness (QED) is 0.669. The third-order valence-electron chi connectivity index (χ3n) is 3.68. The highest BCUT2D eigenvalue weighted by Crippen LogP contribution is 2.23. The monoisotopic (exact) mass is 318 g/mol. The number of H-pyrrole nitrogens is 1. The molecular weight excluding hydrogens is 303 g/mol. The summed E-state index contributed by atoms with van der Waals surface area (Å²) in [5.41, 5.74) is 3.48. The maximum absolute atomic E-state index is 6.04. The Bertz CT molecular complexity index is 764. The standard InChI is InChI=1S/C17H16Cl2N2/c1-11(12-3-2-4-14(18)7-12)20-9-13-10-21-17-8-15(19)5-6-16(13)17/h2-8,10-11,20-21H,9H2,1H3/t11-/m1/s1. The third-order valence-corrected chi connectivity index (χ3v) is 4.15. The Morgan fingerprint density at radius 3 is 2.71 bits per heavy atom. The fourth-order valence-corrected chi connectivity index (χ4v) is 2.83. The first-order valence-electron chi connectivity index (χ1n) is 6.88. The van der Waals surface area contributed by atoms with Gasteiger partial charge in [-0.3, -0.25) is 0 Å². The highest BCUT2D eigenvalue weighted by molar-refractivity contribution is 6.31. The maximum Gasteiger partial charge on any atom is 0.0472 e. The summed E-state index contributed by atoms with van der Waals surface area (Å²) in [4.78, 5) is 3.26. The number of rotatable bonds is 4. The van der Waals surface area contributed by atoms with Crippen LogP contribution in [0.3, 0.4) is 0 Å². The van der Waals surface area contributed by atoms with Crippen LogP contribution in [-0.4, -0.2) is 4.98 Å². The molecule has 2 nitrogen and oxygen atoms in total. The van der Waals surface area contributed by atoms with E-state index in [2.05, 4.69) is 29.4 Å². The average Bonchev–Trinajstić information content (AvgIpc) is 2.87. The average molecular weight is 319 g/mol. The maximum atomic E-state index is 6.04. The van der Waals surface area contributed by atoms with Gasteiger partial charge in [0.05, 0.1) is 0 Å². The van der Waals surface area contributed by atoms with E-state index in [1.807, 2.05) is 36.5 Å². The van der Waals surface area contributed by atoms with Crippen LogP contribution in [0.2, 0.25) is 10.0 Å². The SMILES string of the molecule is C[C@@H](NCc1c[nH]c2cc(Cl)ccc12)c1cccc(Cl)c1. The first kappa shape index (κ1) is 14.5. The van der Waals surface area contributed by atoms with Crippen LogP contribution in [0.1, 0.15) is 24.1 Å². The number of hydrogen-bond acceptors (Lipinski definition) is 1.